The fourth-order valence-corrected chi connectivity index (χ4v) is 2.84. The Morgan fingerprint density at radius 3 is 2.20 bits per heavy atom. The van der Waals surface area contributed by atoms with Gasteiger partial charge in [-0.1, -0.05) is 18.2 Å². The number of hydrogen-bond donors (Lipinski definition) is 0. The summed E-state index contributed by atoms with van der Waals surface area (Å²) >= 11 is 0. The van der Waals surface area contributed by atoms with Crippen LogP contribution in [-0.2, 0) is 6.54 Å². The summed E-state index contributed by atoms with van der Waals surface area (Å²) in [5, 5.41) is 0. The molecule has 1 fully saturated rings. The Labute approximate surface area is 142 Å². The Balaban J connectivity index is 1.63. The van der Waals surface area contributed by atoms with E-state index in [-0.39, 0.29) is 5.82 Å². The van der Waals surface area contributed by atoms with Crippen LogP contribution in [0.25, 0.3) is 0 Å². The van der Waals surface area contributed by atoms with Crippen molar-refractivity contribution in [3.05, 3.63) is 70.8 Å². The average Bonchev–Trinajstić information content (AvgIpc) is 2.62. The molecule has 0 unspecified atom stereocenters. The Hall–Kier alpha value is -2.41. The molecule has 2 aromatic rings. The lowest BCUT2D eigenvalue weighted by Crippen LogP contribution is -2.48. The van der Waals surface area contributed by atoms with Crippen molar-refractivity contribution < 1.29 is 22.4 Å². The SMILES string of the molecule is O=C(c1ccc(F)c(F)c1F)N1CCN(Cc2ccccc2F)CC1. The van der Waals surface area contributed by atoms with Crippen molar-refractivity contribution in [1.29, 1.82) is 0 Å². The third-order valence-corrected chi connectivity index (χ3v) is 4.28. The number of piperazine rings is 1. The fraction of sp³-hybridized carbons (Fsp3) is 0.278. The number of benzene rings is 2. The van der Waals surface area contributed by atoms with Crippen molar-refractivity contribution in [3.8, 4) is 0 Å². The van der Waals surface area contributed by atoms with Gasteiger partial charge in [0.25, 0.3) is 5.91 Å². The van der Waals surface area contributed by atoms with Gasteiger partial charge < -0.3 is 4.90 Å². The van der Waals surface area contributed by atoms with Gasteiger partial charge in [-0.15, -0.1) is 0 Å². The predicted molar refractivity (Wildman–Crippen MR) is 83.9 cm³/mol. The lowest BCUT2D eigenvalue weighted by Gasteiger charge is -2.34. The van der Waals surface area contributed by atoms with Crippen LogP contribution in [0.3, 0.4) is 0 Å². The van der Waals surface area contributed by atoms with Crippen molar-refractivity contribution in [2.45, 2.75) is 6.54 Å². The van der Waals surface area contributed by atoms with Gasteiger partial charge in [0.05, 0.1) is 5.56 Å². The van der Waals surface area contributed by atoms with E-state index in [4.69, 9.17) is 0 Å². The van der Waals surface area contributed by atoms with Crippen molar-refractivity contribution >= 4 is 5.91 Å². The number of amides is 1. The summed E-state index contributed by atoms with van der Waals surface area (Å²) in [6.07, 6.45) is 0. The highest BCUT2D eigenvalue weighted by Crippen LogP contribution is 2.18. The van der Waals surface area contributed by atoms with Gasteiger partial charge in [-0.3, -0.25) is 9.69 Å². The van der Waals surface area contributed by atoms with Crippen molar-refractivity contribution in [2.75, 3.05) is 26.2 Å². The highest BCUT2D eigenvalue weighted by atomic mass is 19.2. The maximum absolute atomic E-state index is 13.8. The molecular weight excluding hydrogens is 336 g/mol. The van der Waals surface area contributed by atoms with Crippen LogP contribution in [0.5, 0.6) is 0 Å². The van der Waals surface area contributed by atoms with E-state index < -0.39 is 28.9 Å². The monoisotopic (exact) mass is 352 g/mol. The van der Waals surface area contributed by atoms with Gasteiger partial charge in [-0.05, 0) is 18.2 Å². The first-order chi connectivity index (χ1) is 12.0. The minimum Gasteiger partial charge on any atom is -0.336 e. The van der Waals surface area contributed by atoms with Crippen molar-refractivity contribution in [2.24, 2.45) is 0 Å². The first-order valence-corrected chi connectivity index (χ1v) is 7.86. The number of rotatable bonds is 3. The van der Waals surface area contributed by atoms with E-state index in [1.807, 2.05) is 4.90 Å². The maximum Gasteiger partial charge on any atom is 0.257 e. The Morgan fingerprint density at radius 2 is 1.52 bits per heavy atom. The van der Waals surface area contributed by atoms with Crippen LogP contribution >= 0.6 is 0 Å². The fourth-order valence-electron chi connectivity index (χ4n) is 2.84. The second-order valence-corrected chi connectivity index (χ2v) is 5.88. The van der Waals surface area contributed by atoms with Crippen LogP contribution < -0.4 is 0 Å². The highest BCUT2D eigenvalue weighted by Gasteiger charge is 2.26. The topological polar surface area (TPSA) is 23.6 Å². The second kappa shape index (κ2) is 7.23. The van der Waals surface area contributed by atoms with Gasteiger partial charge in [0.15, 0.2) is 17.5 Å². The summed E-state index contributed by atoms with van der Waals surface area (Å²) < 4.78 is 53.7. The van der Waals surface area contributed by atoms with E-state index >= 15 is 0 Å². The van der Waals surface area contributed by atoms with E-state index in [9.17, 15) is 22.4 Å². The normalized spacial score (nSPS) is 15.4. The molecule has 7 heteroatoms. The smallest absolute Gasteiger partial charge is 0.257 e. The van der Waals surface area contributed by atoms with Gasteiger partial charge in [0.2, 0.25) is 0 Å². The van der Waals surface area contributed by atoms with Crippen LogP contribution in [0.1, 0.15) is 15.9 Å². The summed E-state index contributed by atoms with van der Waals surface area (Å²) in [5.74, 6) is -5.42. The first kappa shape index (κ1) is 17.4. The van der Waals surface area contributed by atoms with Gasteiger partial charge in [-0.25, -0.2) is 17.6 Å². The molecule has 0 aliphatic carbocycles. The second-order valence-electron chi connectivity index (χ2n) is 5.88. The van der Waals surface area contributed by atoms with Gasteiger partial charge in [0.1, 0.15) is 5.82 Å². The van der Waals surface area contributed by atoms with Gasteiger partial charge >= 0.3 is 0 Å². The van der Waals surface area contributed by atoms with Crippen LogP contribution in [0.4, 0.5) is 17.6 Å². The molecule has 3 nitrogen and oxygen atoms in total. The number of hydrogen-bond acceptors (Lipinski definition) is 2. The molecule has 1 heterocycles. The first-order valence-electron chi connectivity index (χ1n) is 7.86. The standard InChI is InChI=1S/C18H16F4N2O/c19-14-4-2-1-3-12(14)11-23-7-9-24(10-8-23)18(25)13-5-6-15(20)17(22)16(13)21/h1-6H,7-11H2. The average molecular weight is 352 g/mol. The zero-order valence-corrected chi connectivity index (χ0v) is 13.3. The zero-order chi connectivity index (χ0) is 18.0. The third-order valence-electron chi connectivity index (χ3n) is 4.28. The highest BCUT2D eigenvalue weighted by molar-refractivity contribution is 5.94. The van der Waals surface area contributed by atoms with Gasteiger partial charge in [0, 0.05) is 38.3 Å². The molecule has 0 atom stereocenters. The molecule has 3 rings (SSSR count). The van der Waals surface area contributed by atoms with Crippen LogP contribution in [0.2, 0.25) is 0 Å². The minimum absolute atomic E-state index is 0.287. The molecule has 0 bridgehead atoms. The molecule has 1 saturated heterocycles. The van der Waals surface area contributed by atoms with Crippen LogP contribution in [0.15, 0.2) is 36.4 Å². The molecule has 1 amide bonds. The molecule has 0 aromatic heterocycles. The molecule has 0 radical (unpaired) electrons. The molecule has 25 heavy (non-hydrogen) atoms. The van der Waals surface area contributed by atoms with Crippen molar-refractivity contribution in [1.82, 2.24) is 9.80 Å². The molecule has 0 spiro atoms. The number of carbonyl (C=O) groups is 1. The molecular formula is C18H16F4N2O. The molecule has 0 saturated carbocycles. The van der Waals surface area contributed by atoms with E-state index in [1.54, 1.807) is 18.2 Å². The number of nitrogens with zero attached hydrogens (tertiary/aromatic N) is 2. The predicted octanol–water partition coefficient (Wildman–Crippen LogP) is 3.20. The summed E-state index contributed by atoms with van der Waals surface area (Å²) in [4.78, 5) is 15.7. The summed E-state index contributed by atoms with van der Waals surface area (Å²) in [7, 11) is 0. The minimum atomic E-state index is -1.65. The van der Waals surface area contributed by atoms with E-state index in [0.717, 1.165) is 12.1 Å². The Kier molecular flexibility index (Phi) is 5.03. The van der Waals surface area contributed by atoms with Crippen LogP contribution in [-0.4, -0.2) is 41.9 Å². The van der Waals surface area contributed by atoms with Gasteiger partial charge in [-0.2, -0.15) is 0 Å². The Bertz CT molecular complexity index is 789. The van der Waals surface area contributed by atoms with E-state index in [2.05, 4.69) is 0 Å². The van der Waals surface area contributed by atoms with E-state index in [1.165, 1.54) is 11.0 Å². The lowest BCUT2D eigenvalue weighted by atomic mass is 10.1. The molecule has 132 valence electrons. The lowest BCUT2D eigenvalue weighted by molar-refractivity contribution is 0.0621. The molecule has 1 aliphatic rings. The van der Waals surface area contributed by atoms with E-state index in [0.29, 0.717) is 38.3 Å². The Morgan fingerprint density at radius 1 is 0.840 bits per heavy atom. The number of carbonyl (C=O) groups excluding carboxylic acids is 1. The molecule has 1 aliphatic heterocycles. The molecule has 2 aromatic carbocycles. The third kappa shape index (κ3) is 3.66. The summed E-state index contributed by atoms with van der Waals surface area (Å²) in [6, 6.07) is 8.14. The molecule has 0 N–H and O–H groups in total. The van der Waals surface area contributed by atoms with Crippen molar-refractivity contribution in [3.63, 3.8) is 0 Å². The summed E-state index contributed by atoms with van der Waals surface area (Å²) in [5.41, 5.74) is 0.0791. The van der Waals surface area contributed by atoms with Crippen LogP contribution in [0, 0.1) is 23.3 Å². The number of halogens is 4. The largest absolute Gasteiger partial charge is 0.336 e. The zero-order valence-electron chi connectivity index (χ0n) is 13.3. The summed E-state index contributed by atoms with van der Waals surface area (Å²) in [6.45, 7) is 1.96. The quantitative estimate of drug-likeness (QED) is 0.626. The maximum atomic E-state index is 13.8.